The lowest BCUT2D eigenvalue weighted by Gasteiger charge is -2.25. The molecule has 2 aromatic heterocycles. The number of aliphatic carboxylic acids is 1. The predicted octanol–water partition coefficient (Wildman–Crippen LogP) is 1.36. The summed E-state index contributed by atoms with van der Waals surface area (Å²) in [5.41, 5.74) is 1.21. The molecule has 0 spiro atoms. The molecule has 2 heterocycles. The molecule has 1 fully saturated rings. The number of carboxylic acid groups (broad SMARTS) is 1. The predicted molar refractivity (Wildman–Crippen MR) is 108 cm³/mol. The molecule has 0 aliphatic heterocycles. The van der Waals surface area contributed by atoms with Gasteiger partial charge >= 0.3 is 11.7 Å². The van der Waals surface area contributed by atoms with Crippen LogP contribution in [0.3, 0.4) is 0 Å². The maximum Gasteiger partial charge on any atom is 0.331 e. The van der Waals surface area contributed by atoms with Crippen LogP contribution in [0.5, 0.6) is 0 Å². The van der Waals surface area contributed by atoms with Gasteiger partial charge in [0.1, 0.15) is 0 Å². The Morgan fingerprint density at radius 3 is 2.62 bits per heavy atom. The Morgan fingerprint density at radius 2 is 1.90 bits per heavy atom. The monoisotopic (exact) mass is 419 g/mol. The Balaban J connectivity index is 1.73. The zero-order valence-corrected chi connectivity index (χ0v) is 17.3. The largest absolute Gasteiger partial charge is 0.481 e. The fourth-order valence-corrected chi connectivity index (χ4v) is 5.08. The number of fused-ring (bicyclic) bond motifs is 1. The van der Waals surface area contributed by atoms with E-state index in [1.54, 1.807) is 16.2 Å². The van der Waals surface area contributed by atoms with Crippen LogP contribution in [0.15, 0.2) is 14.7 Å². The zero-order chi connectivity index (χ0) is 20.5. The van der Waals surface area contributed by atoms with Crippen molar-refractivity contribution in [3.8, 4) is 0 Å². The Kier molecular flexibility index (Phi) is 5.62. The molecule has 0 radical (unpaired) electrons. The molecule has 2 aliphatic carbocycles. The third-order valence-corrected chi connectivity index (χ3v) is 6.92. The van der Waals surface area contributed by atoms with Crippen molar-refractivity contribution in [2.45, 2.75) is 69.1 Å². The van der Waals surface area contributed by atoms with Gasteiger partial charge in [0.25, 0.3) is 5.56 Å². The first-order chi connectivity index (χ1) is 14.0. The Bertz CT molecular complexity index is 1050. The Morgan fingerprint density at radius 1 is 1.14 bits per heavy atom. The number of hydrogen-bond donors (Lipinski definition) is 1. The molecule has 1 N–H and O–H groups in total. The van der Waals surface area contributed by atoms with Crippen molar-refractivity contribution in [1.82, 2.24) is 23.9 Å². The first-order valence-electron chi connectivity index (χ1n) is 10.1. The van der Waals surface area contributed by atoms with Crippen molar-refractivity contribution in [2.75, 3.05) is 5.75 Å². The average molecular weight is 420 g/mol. The van der Waals surface area contributed by atoms with Crippen LogP contribution in [0.1, 0.15) is 61.6 Å². The van der Waals surface area contributed by atoms with Gasteiger partial charge in [-0.3, -0.25) is 18.7 Å². The van der Waals surface area contributed by atoms with Crippen molar-refractivity contribution in [1.29, 1.82) is 0 Å². The third-order valence-electron chi connectivity index (χ3n) is 5.92. The lowest BCUT2D eigenvalue weighted by molar-refractivity contribution is -0.133. The second-order valence-electron chi connectivity index (χ2n) is 7.75. The van der Waals surface area contributed by atoms with Crippen LogP contribution in [-0.2, 0) is 31.2 Å². The Hall–Kier alpha value is -2.36. The van der Waals surface area contributed by atoms with E-state index in [0.29, 0.717) is 23.8 Å². The number of carbonyl (C=O) groups is 1. The molecule has 2 aliphatic rings. The number of carboxylic acids is 1. The molecule has 1 saturated carbocycles. The van der Waals surface area contributed by atoms with Gasteiger partial charge in [0, 0.05) is 24.3 Å². The van der Waals surface area contributed by atoms with Gasteiger partial charge in [-0.15, -0.1) is 10.2 Å². The normalized spacial score (nSPS) is 16.9. The fourth-order valence-electron chi connectivity index (χ4n) is 4.43. The van der Waals surface area contributed by atoms with Gasteiger partial charge < -0.3 is 9.67 Å². The molecule has 0 amide bonds. The van der Waals surface area contributed by atoms with Gasteiger partial charge in [-0.25, -0.2) is 4.79 Å². The van der Waals surface area contributed by atoms with E-state index in [2.05, 4.69) is 10.2 Å². The van der Waals surface area contributed by atoms with Crippen LogP contribution in [0.2, 0.25) is 0 Å². The second-order valence-corrected chi connectivity index (χ2v) is 8.70. The van der Waals surface area contributed by atoms with Crippen molar-refractivity contribution in [3.05, 3.63) is 37.9 Å². The summed E-state index contributed by atoms with van der Waals surface area (Å²) in [5.74, 6) is -0.454. The summed E-state index contributed by atoms with van der Waals surface area (Å²) >= 11 is 1.09. The van der Waals surface area contributed by atoms with E-state index in [-0.39, 0.29) is 29.6 Å². The maximum atomic E-state index is 13.4. The minimum atomic E-state index is -0.923. The molecular formula is C19H25N5O4S. The fraction of sp³-hybridized carbons (Fsp3) is 0.632. The first-order valence-corrected chi connectivity index (χ1v) is 11.1. The molecule has 10 heteroatoms. The van der Waals surface area contributed by atoms with E-state index >= 15 is 0 Å². The first kappa shape index (κ1) is 19.9. The lowest BCUT2D eigenvalue weighted by atomic mass is 9.95. The van der Waals surface area contributed by atoms with Crippen molar-refractivity contribution in [3.63, 3.8) is 0 Å². The third kappa shape index (κ3) is 3.77. The van der Waals surface area contributed by atoms with Gasteiger partial charge in [0.05, 0.1) is 12.3 Å². The van der Waals surface area contributed by atoms with Gasteiger partial charge in [-0.2, -0.15) is 0 Å². The van der Waals surface area contributed by atoms with Gasteiger partial charge in [-0.1, -0.05) is 31.0 Å². The highest BCUT2D eigenvalue weighted by Crippen LogP contribution is 2.27. The molecule has 0 aromatic carbocycles. The van der Waals surface area contributed by atoms with Gasteiger partial charge in [0.15, 0.2) is 11.0 Å². The smallest absolute Gasteiger partial charge is 0.331 e. The lowest BCUT2D eigenvalue weighted by Crippen LogP contribution is -2.45. The van der Waals surface area contributed by atoms with E-state index in [9.17, 15) is 14.4 Å². The van der Waals surface area contributed by atoms with Crippen LogP contribution in [0.4, 0.5) is 0 Å². The summed E-state index contributed by atoms with van der Waals surface area (Å²) in [4.78, 5) is 37.3. The van der Waals surface area contributed by atoms with Crippen LogP contribution in [0, 0.1) is 0 Å². The van der Waals surface area contributed by atoms with E-state index in [1.807, 2.05) is 0 Å². The quantitative estimate of drug-likeness (QED) is 0.704. The topological polar surface area (TPSA) is 112 Å². The Labute approximate surface area is 171 Å². The summed E-state index contributed by atoms with van der Waals surface area (Å²) < 4.78 is 4.89. The van der Waals surface area contributed by atoms with Crippen LogP contribution in [-0.4, -0.2) is 40.7 Å². The number of rotatable bonds is 6. The molecule has 9 nitrogen and oxygen atoms in total. The van der Waals surface area contributed by atoms with Crippen molar-refractivity contribution < 1.29 is 9.90 Å². The van der Waals surface area contributed by atoms with Crippen LogP contribution < -0.4 is 11.2 Å². The number of aromatic nitrogens is 5. The van der Waals surface area contributed by atoms with E-state index in [1.165, 1.54) is 4.57 Å². The average Bonchev–Trinajstić information content (AvgIpc) is 3.32. The summed E-state index contributed by atoms with van der Waals surface area (Å²) in [7, 11) is 1.77. The molecule has 156 valence electrons. The molecule has 2 aromatic rings. The van der Waals surface area contributed by atoms with E-state index in [4.69, 9.17) is 5.11 Å². The van der Waals surface area contributed by atoms with Gasteiger partial charge in [-0.05, 0) is 32.1 Å². The molecule has 0 atom stereocenters. The SMILES string of the molecule is Cn1c(Cn2c3c(c(=O)n(C4CCCCC4)c2=O)CCC3)nnc1SCC(=O)O. The zero-order valence-electron chi connectivity index (χ0n) is 16.5. The number of nitrogens with zero attached hydrogens (tertiary/aromatic N) is 5. The highest BCUT2D eigenvalue weighted by atomic mass is 32.2. The molecular weight excluding hydrogens is 394 g/mol. The van der Waals surface area contributed by atoms with E-state index in [0.717, 1.165) is 61.5 Å². The van der Waals surface area contributed by atoms with Crippen molar-refractivity contribution >= 4 is 17.7 Å². The van der Waals surface area contributed by atoms with Crippen LogP contribution >= 0.6 is 11.8 Å². The summed E-state index contributed by atoms with van der Waals surface area (Å²) in [6, 6.07) is -0.0259. The molecule has 29 heavy (non-hydrogen) atoms. The van der Waals surface area contributed by atoms with Crippen LogP contribution in [0.25, 0.3) is 0 Å². The second kappa shape index (κ2) is 8.17. The highest BCUT2D eigenvalue weighted by Gasteiger charge is 2.28. The minimum Gasteiger partial charge on any atom is -0.481 e. The van der Waals surface area contributed by atoms with Crippen molar-refractivity contribution in [2.24, 2.45) is 7.05 Å². The summed E-state index contributed by atoms with van der Waals surface area (Å²) in [6.07, 6.45) is 7.27. The van der Waals surface area contributed by atoms with Gasteiger partial charge in [0.2, 0.25) is 0 Å². The number of thioether (sulfide) groups is 1. The maximum absolute atomic E-state index is 13.4. The summed E-state index contributed by atoms with van der Waals surface area (Å²) in [6.45, 7) is 0.227. The molecule has 0 bridgehead atoms. The minimum absolute atomic E-state index is 0.0259. The summed E-state index contributed by atoms with van der Waals surface area (Å²) in [5, 5.41) is 17.6. The van der Waals surface area contributed by atoms with E-state index < -0.39 is 5.97 Å². The molecule has 4 rings (SSSR count). The highest BCUT2D eigenvalue weighted by molar-refractivity contribution is 7.99. The number of hydrogen-bond acceptors (Lipinski definition) is 6. The molecule has 0 unspecified atom stereocenters. The standard InChI is InChI=1S/C19H25N5O4S/c1-22-15(20-21-18(22)29-11-16(25)26)10-23-14-9-5-8-13(14)17(27)24(19(23)28)12-6-3-2-4-7-12/h12H,2-11H2,1H3,(H,25,26). The molecule has 0 saturated heterocycles.